The van der Waals surface area contributed by atoms with Crippen molar-refractivity contribution in [2.24, 2.45) is 0 Å². The number of carbonyl (C=O) groups is 1. The van der Waals surface area contributed by atoms with Crippen LogP contribution in [-0.4, -0.2) is 33.2 Å². The van der Waals surface area contributed by atoms with E-state index in [-0.39, 0.29) is 11.9 Å². The molecule has 0 aromatic heterocycles. The Morgan fingerprint density at radius 2 is 1.77 bits per heavy atom. The molecule has 0 unspecified atom stereocenters. The Bertz CT molecular complexity index is 1020. The molecule has 0 bridgehead atoms. The van der Waals surface area contributed by atoms with Crippen LogP contribution >= 0.6 is 0 Å². The summed E-state index contributed by atoms with van der Waals surface area (Å²) in [4.78, 5) is 13.2. The van der Waals surface area contributed by atoms with Crippen molar-refractivity contribution in [3.8, 4) is 5.75 Å². The first kappa shape index (κ1) is 23.1. The normalized spacial score (nSPS) is 15.1. The topological polar surface area (TPSA) is 75.7 Å². The van der Waals surface area contributed by atoms with Crippen molar-refractivity contribution in [3.63, 3.8) is 0 Å². The highest BCUT2D eigenvalue weighted by atomic mass is 32.2. The van der Waals surface area contributed by atoms with Crippen LogP contribution in [0, 0.1) is 0 Å². The summed E-state index contributed by atoms with van der Waals surface area (Å²) in [6, 6.07) is 12.1. The number of ether oxygens (including phenoxy) is 1. The number of nitrogens with one attached hydrogen (secondary N) is 1. The summed E-state index contributed by atoms with van der Waals surface area (Å²) in [6.45, 7) is 6.16. The Hall–Kier alpha value is -2.54. The molecule has 0 heterocycles. The molecule has 0 saturated carbocycles. The molecule has 3 rings (SSSR count). The second-order valence-electron chi connectivity index (χ2n) is 8.02. The van der Waals surface area contributed by atoms with E-state index in [1.54, 1.807) is 24.3 Å². The molecule has 0 spiro atoms. The van der Waals surface area contributed by atoms with Crippen LogP contribution < -0.4 is 14.4 Å². The third-order valence-corrected chi connectivity index (χ3v) is 6.89. The zero-order chi connectivity index (χ0) is 22.6. The molecule has 1 N–H and O–H groups in total. The van der Waals surface area contributed by atoms with Gasteiger partial charge in [0.15, 0.2) is 0 Å². The SMILES string of the molecule is CCOc1ccc(N([C@@H](CC)C(=O)N[C@@H](C)c2ccc3c(c2)CCC3)S(C)(=O)=O)cc1. The summed E-state index contributed by atoms with van der Waals surface area (Å²) >= 11 is 0. The van der Waals surface area contributed by atoms with E-state index in [1.807, 2.05) is 20.8 Å². The monoisotopic (exact) mass is 444 g/mol. The first-order valence-electron chi connectivity index (χ1n) is 10.9. The predicted octanol–water partition coefficient (Wildman–Crippen LogP) is 4.00. The number of sulfonamides is 1. The van der Waals surface area contributed by atoms with Crippen molar-refractivity contribution in [3.05, 3.63) is 59.2 Å². The highest BCUT2D eigenvalue weighted by molar-refractivity contribution is 7.92. The fourth-order valence-corrected chi connectivity index (χ4v) is 5.38. The summed E-state index contributed by atoms with van der Waals surface area (Å²) in [6.07, 6.45) is 4.83. The van der Waals surface area contributed by atoms with Crippen LogP contribution in [0.15, 0.2) is 42.5 Å². The molecular weight excluding hydrogens is 412 g/mol. The summed E-state index contributed by atoms with van der Waals surface area (Å²) in [5.41, 5.74) is 4.21. The van der Waals surface area contributed by atoms with E-state index in [4.69, 9.17) is 4.74 Å². The fourth-order valence-electron chi connectivity index (χ4n) is 4.17. The lowest BCUT2D eigenvalue weighted by Gasteiger charge is -2.31. The molecule has 0 aliphatic heterocycles. The zero-order valence-corrected chi connectivity index (χ0v) is 19.5. The molecule has 2 atom stereocenters. The van der Waals surface area contributed by atoms with E-state index in [0.29, 0.717) is 24.5 Å². The quantitative estimate of drug-likeness (QED) is 0.634. The lowest BCUT2D eigenvalue weighted by Crippen LogP contribution is -2.49. The minimum Gasteiger partial charge on any atom is -0.494 e. The maximum absolute atomic E-state index is 13.2. The van der Waals surface area contributed by atoms with E-state index in [9.17, 15) is 13.2 Å². The van der Waals surface area contributed by atoms with Gasteiger partial charge in [0.25, 0.3) is 0 Å². The van der Waals surface area contributed by atoms with E-state index >= 15 is 0 Å². The van der Waals surface area contributed by atoms with Crippen LogP contribution in [0.1, 0.15) is 56.3 Å². The maximum atomic E-state index is 13.2. The molecule has 0 radical (unpaired) electrons. The number of nitrogens with zero attached hydrogens (tertiary/aromatic N) is 1. The summed E-state index contributed by atoms with van der Waals surface area (Å²) in [5.74, 6) is 0.345. The minimum atomic E-state index is -3.68. The predicted molar refractivity (Wildman–Crippen MR) is 124 cm³/mol. The Kier molecular flexibility index (Phi) is 7.26. The Morgan fingerprint density at radius 3 is 2.39 bits per heavy atom. The maximum Gasteiger partial charge on any atom is 0.244 e. The Morgan fingerprint density at radius 1 is 1.10 bits per heavy atom. The van der Waals surface area contributed by atoms with Gasteiger partial charge in [-0.05, 0) is 80.5 Å². The van der Waals surface area contributed by atoms with E-state index < -0.39 is 16.1 Å². The third-order valence-electron chi connectivity index (χ3n) is 5.71. The number of amides is 1. The number of carbonyl (C=O) groups excluding carboxylic acids is 1. The van der Waals surface area contributed by atoms with Crippen molar-refractivity contribution < 1.29 is 17.9 Å². The first-order valence-corrected chi connectivity index (χ1v) is 12.7. The molecule has 31 heavy (non-hydrogen) atoms. The molecule has 2 aromatic carbocycles. The van der Waals surface area contributed by atoms with Crippen LogP contribution in [0.2, 0.25) is 0 Å². The molecule has 0 saturated heterocycles. The Labute approximate surface area is 185 Å². The van der Waals surface area contributed by atoms with Gasteiger partial charge in [0.2, 0.25) is 15.9 Å². The molecular formula is C24H32N2O4S. The Balaban J connectivity index is 1.81. The van der Waals surface area contributed by atoms with Crippen LogP contribution in [0.25, 0.3) is 0 Å². The van der Waals surface area contributed by atoms with Crippen molar-refractivity contribution in [1.82, 2.24) is 5.32 Å². The minimum absolute atomic E-state index is 0.214. The fraction of sp³-hybridized carbons (Fsp3) is 0.458. The van der Waals surface area contributed by atoms with Gasteiger partial charge in [0, 0.05) is 0 Å². The number of benzene rings is 2. The van der Waals surface area contributed by atoms with Crippen LogP contribution in [0.3, 0.4) is 0 Å². The average molecular weight is 445 g/mol. The summed E-state index contributed by atoms with van der Waals surface area (Å²) < 4.78 is 31.9. The molecule has 1 aliphatic rings. The molecule has 7 heteroatoms. The smallest absolute Gasteiger partial charge is 0.244 e. The number of aryl methyl sites for hydroxylation is 2. The number of hydrogen-bond acceptors (Lipinski definition) is 4. The van der Waals surface area contributed by atoms with Gasteiger partial charge in [-0.25, -0.2) is 8.42 Å². The molecule has 1 amide bonds. The van der Waals surface area contributed by atoms with Gasteiger partial charge >= 0.3 is 0 Å². The standard InChI is InChI=1S/C24H32N2O4S/c1-5-23(26(31(4,28)29)21-12-14-22(15-13-21)30-6-2)24(27)25-17(3)19-11-10-18-8-7-9-20(18)16-19/h10-17,23H,5-9H2,1-4H3,(H,25,27)/t17-,23-/m0/s1. The summed E-state index contributed by atoms with van der Waals surface area (Å²) in [7, 11) is -3.68. The first-order chi connectivity index (χ1) is 14.7. The highest BCUT2D eigenvalue weighted by Crippen LogP contribution is 2.27. The third kappa shape index (κ3) is 5.39. The lowest BCUT2D eigenvalue weighted by molar-refractivity contribution is -0.122. The van der Waals surface area contributed by atoms with Crippen molar-refractivity contribution in [2.75, 3.05) is 17.2 Å². The van der Waals surface area contributed by atoms with Gasteiger partial charge in [-0.1, -0.05) is 25.1 Å². The van der Waals surface area contributed by atoms with E-state index in [2.05, 4.69) is 23.5 Å². The number of rotatable bonds is 9. The van der Waals surface area contributed by atoms with E-state index in [1.165, 1.54) is 21.9 Å². The van der Waals surface area contributed by atoms with Gasteiger partial charge in [-0.3, -0.25) is 9.10 Å². The molecule has 6 nitrogen and oxygen atoms in total. The van der Waals surface area contributed by atoms with Gasteiger partial charge < -0.3 is 10.1 Å². The average Bonchev–Trinajstić information content (AvgIpc) is 3.19. The molecule has 1 aliphatic carbocycles. The van der Waals surface area contributed by atoms with Crippen LogP contribution in [-0.2, 0) is 27.7 Å². The van der Waals surface area contributed by atoms with Crippen molar-refractivity contribution in [1.29, 1.82) is 0 Å². The van der Waals surface area contributed by atoms with Gasteiger partial charge in [-0.15, -0.1) is 0 Å². The van der Waals surface area contributed by atoms with E-state index in [0.717, 1.165) is 24.7 Å². The number of anilines is 1. The van der Waals surface area contributed by atoms with Gasteiger partial charge in [0.1, 0.15) is 11.8 Å². The summed E-state index contributed by atoms with van der Waals surface area (Å²) in [5, 5.41) is 3.02. The molecule has 168 valence electrons. The van der Waals surface area contributed by atoms with Crippen LogP contribution in [0.5, 0.6) is 5.75 Å². The van der Waals surface area contributed by atoms with Crippen molar-refractivity contribution in [2.45, 2.75) is 58.5 Å². The van der Waals surface area contributed by atoms with Crippen LogP contribution in [0.4, 0.5) is 5.69 Å². The number of fused-ring (bicyclic) bond motifs is 1. The zero-order valence-electron chi connectivity index (χ0n) is 18.7. The number of hydrogen-bond donors (Lipinski definition) is 1. The lowest BCUT2D eigenvalue weighted by atomic mass is 10.0. The highest BCUT2D eigenvalue weighted by Gasteiger charge is 2.32. The molecule has 0 fully saturated rings. The van der Waals surface area contributed by atoms with Gasteiger partial charge in [0.05, 0.1) is 24.6 Å². The second-order valence-corrected chi connectivity index (χ2v) is 9.88. The van der Waals surface area contributed by atoms with Crippen molar-refractivity contribution >= 4 is 21.6 Å². The molecule has 2 aromatic rings. The largest absolute Gasteiger partial charge is 0.494 e. The second kappa shape index (κ2) is 9.73. The van der Waals surface area contributed by atoms with Gasteiger partial charge in [-0.2, -0.15) is 0 Å².